The third-order valence-electron chi connectivity index (χ3n) is 14.2. The minimum absolute atomic E-state index is 0.0325. The van der Waals surface area contributed by atoms with Gasteiger partial charge >= 0.3 is 0 Å². The number of halogens is 2. The van der Waals surface area contributed by atoms with Gasteiger partial charge in [-0.05, 0) is 174 Å². The number of hydrogen-bond donors (Lipinski definition) is 2. The molecule has 12 nitrogen and oxygen atoms in total. The van der Waals surface area contributed by atoms with Crippen molar-refractivity contribution in [1.82, 2.24) is 18.6 Å². The summed E-state index contributed by atoms with van der Waals surface area (Å²) < 4.78 is 103. The van der Waals surface area contributed by atoms with Crippen molar-refractivity contribution in [2.45, 2.75) is 144 Å². The van der Waals surface area contributed by atoms with E-state index in [2.05, 4.69) is 9.44 Å². The topological polar surface area (TPSA) is 155 Å². The molecule has 2 N–H and O–H groups in total. The predicted molar refractivity (Wildman–Crippen MR) is 251 cm³/mol. The van der Waals surface area contributed by atoms with E-state index in [0.29, 0.717) is 30.4 Å². The molecule has 4 saturated carbocycles. The standard InChI is InChI=1S/C50H64F2N4O8S2/c1-32-20-34(3)49(57)55(28-32)43(30-63-45-14-10-35(11-15-45)37-6-4-8-41(51)23-37)27-54-66(61,62)48-25-39(48)22-40-21-33(2)29-56(50(40)58)44(26-53-65(59,60)47-18-19-47)31-64-46-16-12-36(13-17-46)38-7-5-9-42(52)24-38/h4-9,20-21,23-24,28-29,35-36,39,43-48,53-54H,10-19,22,25-27,30-31H2,1-3H3/t35-,36?,39?,43?,44?,45+,46?,48?. The molecule has 0 bridgehead atoms. The first-order valence-corrected chi connectivity index (χ1v) is 26.7. The summed E-state index contributed by atoms with van der Waals surface area (Å²) in [6, 6.07) is 15.7. The maximum Gasteiger partial charge on any atom is 0.254 e. The highest BCUT2D eigenvalue weighted by Gasteiger charge is 2.47. The van der Waals surface area contributed by atoms with Crippen LogP contribution in [0.5, 0.6) is 0 Å². The van der Waals surface area contributed by atoms with Gasteiger partial charge in [0.15, 0.2) is 0 Å². The van der Waals surface area contributed by atoms with Gasteiger partial charge in [0.1, 0.15) is 11.6 Å². The molecule has 4 atom stereocenters. The molecule has 2 heterocycles. The van der Waals surface area contributed by atoms with E-state index in [1.54, 1.807) is 64.8 Å². The Morgan fingerprint density at radius 3 is 1.62 bits per heavy atom. The van der Waals surface area contributed by atoms with Crippen LogP contribution >= 0.6 is 0 Å². The third-order valence-corrected chi connectivity index (χ3v) is 18.0. The Morgan fingerprint density at radius 2 is 1.12 bits per heavy atom. The molecule has 4 aliphatic rings. The van der Waals surface area contributed by atoms with Crippen molar-refractivity contribution >= 4 is 20.0 Å². The number of benzene rings is 2. The maximum atomic E-state index is 14.3. The molecule has 2 aromatic heterocycles. The molecule has 4 aromatic rings. The van der Waals surface area contributed by atoms with Crippen LogP contribution in [0.25, 0.3) is 0 Å². The van der Waals surface area contributed by atoms with Crippen LogP contribution in [0.4, 0.5) is 8.78 Å². The zero-order valence-electron chi connectivity index (χ0n) is 38.2. The van der Waals surface area contributed by atoms with E-state index in [1.807, 2.05) is 26.0 Å². The van der Waals surface area contributed by atoms with Crippen LogP contribution in [0.2, 0.25) is 0 Å². The van der Waals surface area contributed by atoms with Gasteiger partial charge in [0.2, 0.25) is 20.0 Å². The number of nitrogens with one attached hydrogen (secondary N) is 2. The Balaban J connectivity index is 0.909. The summed E-state index contributed by atoms with van der Waals surface area (Å²) in [6.07, 6.45) is 11.3. The van der Waals surface area contributed by atoms with Crippen LogP contribution in [0.3, 0.4) is 0 Å². The van der Waals surface area contributed by atoms with Crippen molar-refractivity contribution in [3.8, 4) is 0 Å². The van der Waals surface area contributed by atoms with Crippen LogP contribution in [0, 0.1) is 38.3 Å². The van der Waals surface area contributed by atoms with Crippen molar-refractivity contribution in [1.29, 1.82) is 0 Å². The van der Waals surface area contributed by atoms with Crippen molar-refractivity contribution in [2.75, 3.05) is 26.3 Å². The average Bonchev–Trinajstić information content (AvgIpc) is 4.23. The third kappa shape index (κ3) is 12.1. The Kier molecular flexibility index (Phi) is 15.2. The molecule has 16 heteroatoms. The summed E-state index contributed by atoms with van der Waals surface area (Å²) in [6.45, 7) is 5.60. The zero-order valence-corrected chi connectivity index (χ0v) is 39.8. The normalized spacial score (nSPS) is 24.5. The predicted octanol–water partition coefficient (Wildman–Crippen LogP) is 7.41. The zero-order chi connectivity index (χ0) is 46.8. The molecule has 0 aliphatic heterocycles. The molecule has 358 valence electrons. The number of pyridine rings is 2. The summed E-state index contributed by atoms with van der Waals surface area (Å²) in [5.41, 5.74) is 4.04. The lowest BCUT2D eigenvalue weighted by molar-refractivity contribution is 0.00720. The van der Waals surface area contributed by atoms with Crippen molar-refractivity contribution in [2.24, 2.45) is 5.92 Å². The van der Waals surface area contributed by atoms with Gasteiger partial charge in [0.05, 0.1) is 48.0 Å². The largest absolute Gasteiger partial charge is 0.376 e. The minimum Gasteiger partial charge on any atom is -0.376 e. The maximum absolute atomic E-state index is 14.3. The molecular weight excluding hydrogens is 887 g/mol. The summed E-state index contributed by atoms with van der Waals surface area (Å²) in [5, 5.41) is -1.18. The van der Waals surface area contributed by atoms with E-state index in [9.17, 15) is 35.2 Å². The molecule has 4 aliphatic carbocycles. The Labute approximate surface area is 387 Å². The number of rotatable bonds is 20. The molecule has 0 radical (unpaired) electrons. The van der Waals surface area contributed by atoms with E-state index in [0.717, 1.165) is 73.6 Å². The van der Waals surface area contributed by atoms with Gasteiger partial charge in [0, 0.05) is 36.6 Å². The first-order valence-electron chi connectivity index (χ1n) is 23.6. The van der Waals surface area contributed by atoms with Crippen LogP contribution in [0.15, 0.2) is 82.6 Å². The van der Waals surface area contributed by atoms with Gasteiger partial charge in [-0.25, -0.2) is 35.1 Å². The lowest BCUT2D eigenvalue weighted by atomic mass is 9.83. The van der Waals surface area contributed by atoms with Gasteiger partial charge in [-0.2, -0.15) is 0 Å². The number of aryl methyl sites for hydroxylation is 3. The van der Waals surface area contributed by atoms with Crippen LogP contribution in [0.1, 0.15) is 128 Å². The summed E-state index contributed by atoms with van der Waals surface area (Å²) in [4.78, 5) is 27.7. The Hall–Kier alpha value is -4.06. The second-order valence-corrected chi connectivity index (χ2v) is 23.5. The van der Waals surface area contributed by atoms with Crippen LogP contribution < -0.4 is 20.6 Å². The lowest BCUT2D eigenvalue weighted by Gasteiger charge is -2.31. The number of nitrogens with zero attached hydrogens (tertiary/aromatic N) is 2. The van der Waals surface area contributed by atoms with Crippen LogP contribution in [-0.4, -0.2) is 75.0 Å². The molecule has 0 saturated heterocycles. The second kappa shape index (κ2) is 20.7. The fraction of sp³-hybridized carbons (Fsp3) is 0.560. The first-order chi connectivity index (χ1) is 31.5. The van der Waals surface area contributed by atoms with Crippen LogP contribution in [-0.2, 0) is 35.9 Å². The van der Waals surface area contributed by atoms with Gasteiger partial charge in [-0.3, -0.25) is 9.59 Å². The van der Waals surface area contributed by atoms with E-state index in [-0.39, 0.29) is 85.4 Å². The summed E-state index contributed by atoms with van der Waals surface area (Å²) >= 11 is 0. The number of aromatic nitrogens is 2. The highest BCUT2D eigenvalue weighted by Crippen LogP contribution is 2.40. The highest BCUT2D eigenvalue weighted by atomic mass is 32.2. The molecule has 66 heavy (non-hydrogen) atoms. The number of ether oxygens (including phenoxy) is 2. The molecule has 0 amide bonds. The fourth-order valence-corrected chi connectivity index (χ4v) is 13.3. The monoisotopic (exact) mass is 950 g/mol. The number of sulfonamides is 2. The van der Waals surface area contributed by atoms with Gasteiger partial charge in [-0.15, -0.1) is 0 Å². The summed E-state index contributed by atoms with van der Waals surface area (Å²) in [5.74, 6) is -0.372. The van der Waals surface area contributed by atoms with E-state index in [1.165, 1.54) is 12.1 Å². The van der Waals surface area contributed by atoms with E-state index < -0.39 is 42.6 Å². The number of hydrogen-bond acceptors (Lipinski definition) is 8. The summed E-state index contributed by atoms with van der Waals surface area (Å²) in [7, 11) is -7.44. The highest BCUT2D eigenvalue weighted by molar-refractivity contribution is 7.90. The molecule has 4 fully saturated rings. The van der Waals surface area contributed by atoms with Crippen molar-refractivity contribution in [3.63, 3.8) is 0 Å². The lowest BCUT2D eigenvalue weighted by Crippen LogP contribution is -2.40. The Morgan fingerprint density at radius 1 is 0.636 bits per heavy atom. The molecule has 4 unspecified atom stereocenters. The quantitative estimate of drug-likeness (QED) is 0.0929. The van der Waals surface area contributed by atoms with Crippen molar-refractivity contribution in [3.05, 3.63) is 139 Å². The molecule has 2 aromatic carbocycles. The first kappa shape index (κ1) is 48.4. The van der Waals surface area contributed by atoms with E-state index >= 15 is 0 Å². The van der Waals surface area contributed by atoms with E-state index in [4.69, 9.17) is 9.47 Å². The minimum atomic E-state index is -3.87. The molecular formula is C50H64F2N4O8S2. The molecule has 8 rings (SSSR count). The fourth-order valence-electron chi connectivity index (χ4n) is 10.2. The smallest absolute Gasteiger partial charge is 0.254 e. The van der Waals surface area contributed by atoms with Gasteiger partial charge in [-0.1, -0.05) is 24.3 Å². The van der Waals surface area contributed by atoms with Gasteiger partial charge in [0.25, 0.3) is 11.1 Å². The Bertz CT molecular complexity index is 2690. The SMILES string of the molecule is Cc1cc(C)c(=O)n(C(CNS(=O)(=O)C2CC2Cc2cc(C)cn(C(CNS(=O)(=O)C3CC3)COC3CCC(c4cccc(F)c4)CC3)c2=O)CO[C@H]2CC[C@@H](c3cccc(F)c3)CC2)c1. The molecule has 0 spiro atoms. The average molecular weight is 951 g/mol. The van der Waals surface area contributed by atoms with Gasteiger partial charge < -0.3 is 18.6 Å². The van der Waals surface area contributed by atoms with Crippen molar-refractivity contribution < 1.29 is 35.1 Å². The second-order valence-electron chi connectivity index (χ2n) is 19.4.